The molecule has 1 N–H and O–H groups in total. The van der Waals surface area contributed by atoms with E-state index in [1.807, 2.05) is 26.1 Å². The predicted molar refractivity (Wildman–Crippen MR) is 111 cm³/mol. The molecule has 1 unspecified atom stereocenters. The van der Waals surface area contributed by atoms with E-state index in [9.17, 15) is 8.42 Å². The topological polar surface area (TPSA) is 61.8 Å². The van der Waals surface area contributed by atoms with Crippen molar-refractivity contribution in [3.05, 3.63) is 35.4 Å². The van der Waals surface area contributed by atoms with Crippen LogP contribution in [0.3, 0.4) is 0 Å². The third-order valence-corrected chi connectivity index (χ3v) is 6.03. The van der Waals surface area contributed by atoms with Crippen molar-refractivity contribution in [2.75, 3.05) is 31.6 Å². The number of halogens is 1. The Morgan fingerprint density at radius 2 is 2.08 bits per heavy atom. The lowest BCUT2D eigenvalue weighted by Crippen LogP contribution is -2.39. The standard InChI is InChI=1S/C17H27N3O2S.HI/c1-4-18-17(19-11-15-9-10-23(21,22)13-15)20(3)12-16-8-6-5-7-14(16)2;/h5-8,15H,4,9-13H2,1-3H3,(H,18,19);1H. The Balaban J connectivity index is 0.00000288. The van der Waals surface area contributed by atoms with Crippen LogP contribution in [0, 0.1) is 12.8 Å². The van der Waals surface area contributed by atoms with Gasteiger partial charge in [-0.3, -0.25) is 4.99 Å². The molecule has 7 heteroatoms. The normalized spacial score (nSPS) is 19.6. The van der Waals surface area contributed by atoms with Crippen molar-refractivity contribution < 1.29 is 8.42 Å². The van der Waals surface area contributed by atoms with Crippen LogP contribution in [-0.4, -0.2) is 50.9 Å². The van der Waals surface area contributed by atoms with E-state index in [-0.39, 0.29) is 35.6 Å². The molecule has 24 heavy (non-hydrogen) atoms. The Kier molecular flexibility index (Phi) is 8.49. The lowest BCUT2D eigenvalue weighted by Gasteiger charge is -2.23. The van der Waals surface area contributed by atoms with E-state index in [4.69, 9.17) is 0 Å². The molecule has 1 aromatic rings. The summed E-state index contributed by atoms with van der Waals surface area (Å²) in [5, 5.41) is 3.29. The molecule has 0 aliphatic carbocycles. The number of aryl methyl sites for hydroxylation is 1. The quantitative estimate of drug-likeness (QED) is 0.413. The van der Waals surface area contributed by atoms with Crippen molar-refractivity contribution in [1.29, 1.82) is 0 Å². The summed E-state index contributed by atoms with van der Waals surface area (Å²) in [6.07, 6.45) is 0.729. The second kappa shape index (κ2) is 9.60. The molecule has 0 amide bonds. The predicted octanol–water partition coefficient (Wildman–Crippen LogP) is 2.45. The fourth-order valence-electron chi connectivity index (χ4n) is 2.82. The van der Waals surface area contributed by atoms with Gasteiger partial charge in [-0.2, -0.15) is 0 Å². The van der Waals surface area contributed by atoms with Crippen molar-refractivity contribution >= 4 is 39.8 Å². The molecule has 5 nitrogen and oxygen atoms in total. The summed E-state index contributed by atoms with van der Waals surface area (Å²) in [5.74, 6) is 1.57. The number of hydrogen-bond acceptors (Lipinski definition) is 3. The molecule has 1 aromatic carbocycles. The van der Waals surface area contributed by atoms with Gasteiger partial charge < -0.3 is 10.2 Å². The number of sulfone groups is 1. The fourth-order valence-corrected chi connectivity index (χ4v) is 4.67. The van der Waals surface area contributed by atoms with Crippen LogP contribution in [0.5, 0.6) is 0 Å². The molecule has 1 fully saturated rings. The molecule has 2 rings (SSSR count). The first kappa shape index (κ1) is 21.2. The molecule has 0 radical (unpaired) electrons. The Morgan fingerprint density at radius 1 is 1.38 bits per heavy atom. The highest BCUT2D eigenvalue weighted by Crippen LogP contribution is 2.18. The van der Waals surface area contributed by atoms with Gasteiger partial charge in [0.2, 0.25) is 0 Å². The first-order chi connectivity index (χ1) is 10.9. The van der Waals surface area contributed by atoms with Crippen LogP contribution in [-0.2, 0) is 16.4 Å². The third-order valence-electron chi connectivity index (χ3n) is 4.19. The van der Waals surface area contributed by atoms with E-state index >= 15 is 0 Å². The number of hydrogen-bond donors (Lipinski definition) is 1. The molecular weight excluding hydrogens is 437 g/mol. The van der Waals surface area contributed by atoms with Crippen LogP contribution < -0.4 is 5.32 Å². The average molecular weight is 465 g/mol. The highest BCUT2D eigenvalue weighted by molar-refractivity contribution is 14.0. The summed E-state index contributed by atoms with van der Waals surface area (Å²) >= 11 is 0. The zero-order valence-electron chi connectivity index (χ0n) is 14.7. The minimum absolute atomic E-state index is 0. The van der Waals surface area contributed by atoms with Crippen LogP contribution in [0.15, 0.2) is 29.3 Å². The van der Waals surface area contributed by atoms with Crippen LogP contribution in [0.25, 0.3) is 0 Å². The largest absolute Gasteiger partial charge is 0.357 e. The van der Waals surface area contributed by atoms with Crippen molar-refractivity contribution in [1.82, 2.24) is 10.2 Å². The zero-order valence-corrected chi connectivity index (χ0v) is 17.8. The third kappa shape index (κ3) is 6.23. The molecule has 0 aromatic heterocycles. The molecule has 1 aliphatic rings. The van der Waals surface area contributed by atoms with E-state index < -0.39 is 9.84 Å². The van der Waals surface area contributed by atoms with Crippen molar-refractivity contribution in [2.24, 2.45) is 10.9 Å². The van der Waals surface area contributed by atoms with Crippen LogP contribution in [0.1, 0.15) is 24.5 Å². The van der Waals surface area contributed by atoms with Gasteiger partial charge >= 0.3 is 0 Å². The molecule has 0 spiro atoms. The highest BCUT2D eigenvalue weighted by atomic mass is 127. The summed E-state index contributed by atoms with van der Waals surface area (Å²) in [5.41, 5.74) is 2.53. The molecule has 136 valence electrons. The van der Waals surface area contributed by atoms with E-state index in [2.05, 4.69) is 34.3 Å². The number of guanidine groups is 1. The first-order valence-corrected chi connectivity index (χ1v) is 9.98. The summed E-state index contributed by atoms with van der Waals surface area (Å²) < 4.78 is 23.1. The Labute approximate surface area is 162 Å². The zero-order chi connectivity index (χ0) is 16.9. The molecule has 0 saturated carbocycles. The van der Waals surface area contributed by atoms with Gasteiger partial charge in [0.05, 0.1) is 11.5 Å². The van der Waals surface area contributed by atoms with Crippen molar-refractivity contribution in [3.63, 3.8) is 0 Å². The number of nitrogens with one attached hydrogen (secondary N) is 1. The van der Waals surface area contributed by atoms with E-state index in [1.54, 1.807) is 0 Å². The van der Waals surface area contributed by atoms with E-state index in [0.29, 0.717) is 12.3 Å². The summed E-state index contributed by atoms with van der Waals surface area (Å²) in [4.78, 5) is 6.75. The second-order valence-corrected chi connectivity index (χ2v) is 8.47. The highest BCUT2D eigenvalue weighted by Gasteiger charge is 2.27. The number of aliphatic imine (C=N–C) groups is 1. The van der Waals surface area contributed by atoms with Gasteiger partial charge in [-0.1, -0.05) is 24.3 Å². The molecule has 1 atom stereocenters. The maximum atomic E-state index is 11.5. The number of rotatable bonds is 5. The first-order valence-electron chi connectivity index (χ1n) is 8.15. The maximum Gasteiger partial charge on any atom is 0.193 e. The van der Waals surface area contributed by atoms with Crippen molar-refractivity contribution in [2.45, 2.75) is 26.8 Å². The second-order valence-electron chi connectivity index (χ2n) is 6.25. The fraction of sp³-hybridized carbons (Fsp3) is 0.588. The Morgan fingerprint density at radius 3 is 2.67 bits per heavy atom. The molecule has 1 saturated heterocycles. The van der Waals surface area contributed by atoms with Gasteiger partial charge in [-0.05, 0) is 37.3 Å². The summed E-state index contributed by atoms with van der Waals surface area (Å²) in [6.45, 7) is 6.29. The van der Waals surface area contributed by atoms with Crippen molar-refractivity contribution in [3.8, 4) is 0 Å². The lowest BCUT2D eigenvalue weighted by molar-refractivity contribution is 0.471. The number of benzene rings is 1. The lowest BCUT2D eigenvalue weighted by atomic mass is 10.1. The Hall–Kier alpha value is -0.830. The summed E-state index contributed by atoms with van der Waals surface area (Å²) in [6, 6.07) is 8.32. The van der Waals surface area contributed by atoms with Gasteiger partial charge in [0.25, 0.3) is 0 Å². The van der Waals surface area contributed by atoms with Gasteiger partial charge in [-0.15, -0.1) is 24.0 Å². The number of nitrogens with zero attached hydrogens (tertiary/aromatic N) is 2. The minimum Gasteiger partial charge on any atom is -0.357 e. The SMILES string of the molecule is CCNC(=NCC1CCS(=O)(=O)C1)N(C)Cc1ccccc1C.I. The molecular formula is C17H28IN3O2S. The van der Waals surface area contributed by atoms with Crippen LogP contribution in [0.2, 0.25) is 0 Å². The maximum absolute atomic E-state index is 11.5. The smallest absolute Gasteiger partial charge is 0.193 e. The van der Waals surface area contributed by atoms with Crippen LogP contribution in [0.4, 0.5) is 0 Å². The van der Waals surface area contributed by atoms with Gasteiger partial charge in [0.15, 0.2) is 15.8 Å². The molecule has 1 heterocycles. The monoisotopic (exact) mass is 465 g/mol. The van der Waals surface area contributed by atoms with E-state index in [0.717, 1.165) is 25.5 Å². The molecule has 0 bridgehead atoms. The van der Waals surface area contributed by atoms with E-state index in [1.165, 1.54) is 11.1 Å². The van der Waals surface area contributed by atoms with Crippen LogP contribution >= 0.6 is 24.0 Å². The average Bonchev–Trinajstić information content (AvgIpc) is 2.85. The van der Waals surface area contributed by atoms with Gasteiger partial charge in [-0.25, -0.2) is 8.42 Å². The molecule has 1 aliphatic heterocycles. The van der Waals surface area contributed by atoms with Gasteiger partial charge in [0, 0.05) is 26.7 Å². The Bertz CT molecular complexity index is 662. The van der Waals surface area contributed by atoms with Gasteiger partial charge in [0.1, 0.15) is 0 Å². The summed E-state index contributed by atoms with van der Waals surface area (Å²) in [7, 11) is -0.820. The minimum atomic E-state index is -2.83.